The highest BCUT2D eigenvalue weighted by Gasteiger charge is 2.40. The predicted octanol–water partition coefficient (Wildman–Crippen LogP) is 1.12. The van der Waals surface area contributed by atoms with E-state index in [1.165, 1.54) is 18.2 Å². The maximum Gasteiger partial charge on any atom is 0.293 e. The molecule has 7 nitrogen and oxygen atoms in total. The van der Waals surface area contributed by atoms with Crippen LogP contribution in [0.15, 0.2) is 18.2 Å². The summed E-state index contributed by atoms with van der Waals surface area (Å²) in [4.78, 5) is 35.0. The SMILES string of the molecule is CC1(C)C(=O)NCCN1c1ccc(C=O)cc1[N+](=O)[O-]. The van der Waals surface area contributed by atoms with E-state index >= 15 is 0 Å². The molecule has 1 fully saturated rings. The van der Waals surface area contributed by atoms with Crippen LogP contribution in [0.4, 0.5) is 11.4 Å². The van der Waals surface area contributed by atoms with Gasteiger partial charge in [0.25, 0.3) is 5.69 Å². The van der Waals surface area contributed by atoms with Crippen molar-refractivity contribution in [3.8, 4) is 0 Å². The van der Waals surface area contributed by atoms with Crippen LogP contribution in [0.5, 0.6) is 0 Å². The molecule has 0 unspecified atom stereocenters. The minimum Gasteiger partial charge on any atom is -0.352 e. The van der Waals surface area contributed by atoms with Crippen molar-refractivity contribution in [2.75, 3.05) is 18.0 Å². The van der Waals surface area contributed by atoms with Gasteiger partial charge in [0.05, 0.1) is 4.92 Å². The summed E-state index contributed by atoms with van der Waals surface area (Å²) >= 11 is 0. The zero-order valence-corrected chi connectivity index (χ0v) is 11.3. The van der Waals surface area contributed by atoms with E-state index in [1.807, 2.05) is 0 Å². The molecule has 0 bridgehead atoms. The molecule has 1 saturated heterocycles. The van der Waals surface area contributed by atoms with Gasteiger partial charge in [-0.15, -0.1) is 0 Å². The first-order valence-electron chi connectivity index (χ1n) is 6.17. The van der Waals surface area contributed by atoms with Crippen molar-refractivity contribution >= 4 is 23.6 Å². The molecule has 1 aliphatic rings. The molecule has 2 rings (SSSR count). The molecule has 106 valence electrons. The third kappa shape index (κ3) is 2.22. The summed E-state index contributed by atoms with van der Waals surface area (Å²) in [5, 5.41) is 13.9. The molecule has 1 aliphatic heterocycles. The normalized spacial score (nSPS) is 17.5. The van der Waals surface area contributed by atoms with Gasteiger partial charge >= 0.3 is 0 Å². The number of carbonyl (C=O) groups is 2. The van der Waals surface area contributed by atoms with Crippen LogP contribution in [0.3, 0.4) is 0 Å². The average molecular weight is 277 g/mol. The lowest BCUT2D eigenvalue weighted by Crippen LogP contribution is -2.62. The van der Waals surface area contributed by atoms with Gasteiger partial charge in [-0.3, -0.25) is 19.7 Å². The first-order chi connectivity index (χ1) is 9.37. The minimum absolute atomic E-state index is 0.169. The van der Waals surface area contributed by atoms with Crippen molar-refractivity contribution in [1.82, 2.24) is 5.32 Å². The van der Waals surface area contributed by atoms with E-state index in [0.29, 0.717) is 25.1 Å². The molecule has 0 saturated carbocycles. The Balaban J connectivity index is 2.54. The number of benzene rings is 1. The second kappa shape index (κ2) is 4.92. The second-order valence-corrected chi connectivity index (χ2v) is 5.09. The predicted molar refractivity (Wildman–Crippen MR) is 72.9 cm³/mol. The maximum atomic E-state index is 11.9. The molecule has 0 atom stereocenters. The van der Waals surface area contributed by atoms with E-state index in [9.17, 15) is 19.7 Å². The lowest BCUT2D eigenvalue weighted by molar-refractivity contribution is -0.384. The monoisotopic (exact) mass is 277 g/mol. The zero-order valence-electron chi connectivity index (χ0n) is 11.3. The molecule has 7 heteroatoms. The van der Waals surface area contributed by atoms with Crippen LogP contribution in [0, 0.1) is 10.1 Å². The number of amides is 1. The van der Waals surface area contributed by atoms with E-state index in [0.717, 1.165) is 0 Å². The van der Waals surface area contributed by atoms with Crippen LogP contribution in [0.25, 0.3) is 0 Å². The molecule has 0 spiro atoms. The summed E-state index contributed by atoms with van der Waals surface area (Å²) in [5.41, 5.74) is -0.469. The van der Waals surface area contributed by atoms with Crippen LogP contribution in [-0.2, 0) is 4.79 Å². The number of rotatable bonds is 3. The molecule has 1 heterocycles. The first-order valence-corrected chi connectivity index (χ1v) is 6.17. The molecule has 1 N–H and O–H groups in total. The largest absolute Gasteiger partial charge is 0.352 e. The first kappa shape index (κ1) is 14.0. The van der Waals surface area contributed by atoms with Crippen LogP contribution in [-0.4, -0.2) is 35.7 Å². The number of carbonyl (C=O) groups excluding carboxylic acids is 2. The summed E-state index contributed by atoms with van der Waals surface area (Å²) in [7, 11) is 0. The topological polar surface area (TPSA) is 92.6 Å². The number of nitro groups is 1. The van der Waals surface area contributed by atoms with Gasteiger partial charge in [0.15, 0.2) is 0 Å². The van der Waals surface area contributed by atoms with E-state index in [2.05, 4.69) is 5.32 Å². The van der Waals surface area contributed by atoms with Gasteiger partial charge in [-0.1, -0.05) is 0 Å². The third-order valence-corrected chi connectivity index (χ3v) is 3.47. The Kier molecular flexibility index (Phi) is 3.44. The molecule has 20 heavy (non-hydrogen) atoms. The Labute approximate surface area is 115 Å². The average Bonchev–Trinajstić information content (AvgIpc) is 2.41. The number of anilines is 1. The summed E-state index contributed by atoms with van der Waals surface area (Å²) in [6.45, 7) is 4.31. The number of aldehydes is 1. The second-order valence-electron chi connectivity index (χ2n) is 5.09. The molecule has 0 aromatic heterocycles. The Morgan fingerprint density at radius 3 is 2.75 bits per heavy atom. The molecule has 1 aromatic rings. The van der Waals surface area contributed by atoms with E-state index < -0.39 is 10.5 Å². The molecule has 1 aromatic carbocycles. The van der Waals surface area contributed by atoms with Crippen molar-refractivity contribution in [3.05, 3.63) is 33.9 Å². The molecule has 1 amide bonds. The van der Waals surface area contributed by atoms with Crippen molar-refractivity contribution in [2.45, 2.75) is 19.4 Å². The number of hydrogen-bond donors (Lipinski definition) is 1. The quantitative estimate of drug-likeness (QED) is 0.507. The zero-order chi connectivity index (χ0) is 14.9. The van der Waals surface area contributed by atoms with Crippen LogP contribution >= 0.6 is 0 Å². The number of piperazine rings is 1. The van der Waals surface area contributed by atoms with Crippen LogP contribution in [0.2, 0.25) is 0 Å². The Bertz CT molecular complexity index is 583. The highest BCUT2D eigenvalue weighted by Crippen LogP contribution is 2.34. The highest BCUT2D eigenvalue weighted by molar-refractivity contribution is 5.91. The summed E-state index contributed by atoms with van der Waals surface area (Å²) in [6, 6.07) is 4.26. The molecule has 0 radical (unpaired) electrons. The number of hydrogen-bond acceptors (Lipinski definition) is 5. The van der Waals surface area contributed by atoms with Crippen molar-refractivity contribution in [2.24, 2.45) is 0 Å². The lowest BCUT2D eigenvalue weighted by atomic mass is 9.97. The number of nitrogens with zero attached hydrogens (tertiary/aromatic N) is 2. The van der Waals surface area contributed by atoms with E-state index in [4.69, 9.17) is 0 Å². The Hall–Kier alpha value is -2.44. The van der Waals surface area contributed by atoms with Gasteiger partial charge < -0.3 is 10.2 Å². The van der Waals surface area contributed by atoms with Gasteiger partial charge in [0, 0.05) is 24.7 Å². The molecule has 0 aliphatic carbocycles. The fourth-order valence-corrected chi connectivity index (χ4v) is 2.31. The van der Waals surface area contributed by atoms with Gasteiger partial charge in [-0.2, -0.15) is 0 Å². The van der Waals surface area contributed by atoms with Crippen molar-refractivity contribution in [3.63, 3.8) is 0 Å². The third-order valence-electron chi connectivity index (χ3n) is 3.47. The van der Waals surface area contributed by atoms with Gasteiger partial charge in [0.1, 0.15) is 17.5 Å². The standard InChI is InChI=1S/C13H15N3O4/c1-13(2)12(18)14-5-6-15(13)10-4-3-9(8-17)7-11(10)16(19)20/h3-4,7-8H,5-6H2,1-2H3,(H,14,18). The maximum absolute atomic E-state index is 11.9. The van der Waals surface area contributed by atoms with E-state index in [-0.39, 0.29) is 17.2 Å². The van der Waals surface area contributed by atoms with Crippen molar-refractivity contribution < 1.29 is 14.5 Å². The highest BCUT2D eigenvalue weighted by atomic mass is 16.6. The number of nitrogens with one attached hydrogen (secondary N) is 1. The fraction of sp³-hybridized carbons (Fsp3) is 0.385. The fourth-order valence-electron chi connectivity index (χ4n) is 2.31. The Morgan fingerprint density at radius 1 is 1.45 bits per heavy atom. The van der Waals surface area contributed by atoms with Crippen LogP contribution in [0.1, 0.15) is 24.2 Å². The van der Waals surface area contributed by atoms with Crippen LogP contribution < -0.4 is 10.2 Å². The number of nitro benzene ring substituents is 1. The smallest absolute Gasteiger partial charge is 0.293 e. The van der Waals surface area contributed by atoms with Gasteiger partial charge in [-0.05, 0) is 26.0 Å². The minimum atomic E-state index is -0.883. The summed E-state index contributed by atoms with van der Waals surface area (Å²) < 4.78 is 0. The summed E-state index contributed by atoms with van der Waals surface area (Å²) in [6.07, 6.45) is 0.560. The summed E-state index contributed by atoms with van der Waals surface area (Å²) in [5.74, 6) is -0.183. The molecular weight excluding hydrogens is 262 g/mol. The van der Waals surface area contributed by atoms with E-state index in [1.54, 1.807) is 18.7 Å². The Morgan fingerprint density at radius 2 is 2.15 bits per heavy atom. The lowest BCUT2D eigenvalue weighted by Gasteiger charge is -2.42. The van der Waals surface area contributed by atoms with Gasteiger partial charge in [-0.25, -0.2) is 0 Å². The van der Waals surface area contributed by atoms with Crippen molar-refractivity contribution in [1.29, 1.82) is 0 Å². The molecular formula is C13H15N3O4. The van der Waals surface area contributed by atoms with Gasteiger partial charge in [0.2, 0.25) is 5.91 Å².